The maximum absolute atomic E-state index is 4.14. The lowest BCUT2D eigenvalue weighted by Gasteiger charge is -2.32. The largest absolute Gasteiger partial charge is 0.317 e. The molecule has 4 heteroatoms. The fourth-order valence-electron chi connectivity index (χ4n) is 2.35. The molecule has 90 valence electrons. The molecule has 2 rings (SSSR count). The van der Waals surface area contributed by atoms with Crippen LogP contribution in [0.4, 0.5) is 0 Å². The molecule has 0 saturated carbocycles. The highest BCUT2D eigenvalue weighted by Gasteiger charge is 2.19. The summed E-state index contributed by atoms with van der Waals surface area (Å²) in [6.45, 7) is 8.03. The molecule has 3 nitrogen and oxygen atoms in total. The zero-order valence-electron chi connectivity index (χ0n) is 9.98. The molecular weight excluding hydrogens is 218 g/mol. The fourth-order valence-corrected chi connectivity index (χ4v) is 2.99. The first-order valence-corrected chi connectivity index (χ1v) is 7.07. The maximum Gasteiger partial charge on any atom is 0.0794 e. The van der Waals surface area contributed by atoms with Crippen LogP contribution in [-0.2, 0) is 6.54 Å². The van der Waals surface area contributed by atoms with Crippen molar-refractivity contribution in [3.05, 3.63) is 16.6 Å². The smallest absolute Gasteiger partial charge is 0.0794 e. The quantitative estimate of drug-likeness (QED) is 0.851. The van der Waals surface area contributed by atoms with Crippen molar-refractivity contribution >= 4 is 11.3 Å². The molecule has 1 aromatic rings. The summed E-state index contributed by atoms with van der Waals surface area (Å²) >= 11 is 1.77. The van der Waals surface area contributed by atoms with Crippen molar-refractivity contribution in [3.8, 4) is 0 Å². The molecule has 1 N–H and O–H groups in total. The van der Waals surface area contributed by atoms with Crippen LogP contribution in [0.1, 0.15) is 24.6 Å². The second-order valence-corrected chi connectivity index (χ2v) is 5.49. The minimum Gasteiger partial charge on any atom is -0.317 e. The van der Waals surface area contributed by atoms with Crippen LogP contribution in [0.5, 0.6) is 0 Å². The van der Waals surface area contributed by atoms with Gasteiger partial charge >= 0.3 is 0 Å². The Labute approximate surface area is 102 Å². The third kappa shape index (κ3) is 3.54. The lowest BCUT2D eigenvalue weighted by Crippen LogP contribution is -2.39. The van der Waals surface area contributed by atoms with E-state index in [0.717, 1.165) is 19.0 Å². The van der Waals surface area contributed by atoms with Crippen LogP contribution < -0.4 is 5.32 Å². The standard InChI is InChI=1S/C12H21N3S/c1-2-13-6-11-4-3-5-15(8-11)9-12-7-14-10-16-12/h7,10-11,13H,2-6,8-9H2,1H3. The van der Waals surface area contributed by atoms with Crippen LogP contribution in [-0.4, -0.2) is 36.1 Å². The monoisotopic (exact) mass is 239 g/mol. The molecule has 0 spiro atoms. The van der Waals surface area contributed by atoms with Crippen LogP contribution in [0, 0.1) is 5.92 Å². The number of likely N-dealkylation sites (tertiary alicyclic amines) is 1. The number of nitrogens with zero attached hydrogens (tertiary/aromatic N) is 2. The number of piperidine rings is 1. The van der Waals surface area contributed by atoms with Gasteiger partial charge in [0, 0.05) is 24.2 Å². The second kappa shape index (κ2) is 6.33. The van der Waals surface area contributed by atoms with E-state index in [1.807, 2.05) is 11.7 Å². The molecule has 1 fully saturated rings. The van der Waals surface area contributed by atoms with Gasteiger partial charge in [0.25, 0.3) is 0 Å². The van der Waals surface area contributed by atoms with Crippen molar-refractivity contribution in [2.75, 3.05) is 26.2 Å². The van der Waals surface area contributed by atoms with E-state index in [-0.39, 0.29) is 0 Å². The van der Waals surface area contributed by atoms with Gasteiger partial charge in [-0.2, -0.15) is 0 Å². The summed E-state index contributed by atoms with van der Waals surface area (Å²) in [5.41, 5.74) is 1.93. The van der Waals surface area contributed by atoms with Gasteiger partial charge in [-0.25, -0.2) is 0 Å². The number of rotatable bonds is 5. The predicted octanol–water partition coefficient (Wildman–Crippen LogP) is 1.96. The van der Waals surface area contributed by atoms with Crippen molar-refractivity contribution in [1.29, 1.82) is 0 Å². The molecule has 1 aromatic heterocycles. The Morgan fingerprint density at radius 1 is 1.62 bits per heavy atom. The Bertz CT molecular complexity index is 286. The highest BCUT2D eigenvalue weighted by Crippen LogP contribution is 2.19. The van der Waals surface area contributed by atoms with Crippen molar-refractivity contribution in [2.45, 2.75) is 26.3 Å². The minimum absolute atomic E-state index is 0.835. The Kier molecular flexibility index (Phi) is 4.75. The molecule has 0 amide bonds. The number of hydrogen-bond donors (Lipinski definition) is 1. The van der Waals surface area contributed by atoms with Crippen LogP contribution in [0.25, 0.3) is 0 Å². The van der Waals surface area contributed by atoms with Gasteiger partial charge in [-0.15, -0.1) is 11.3 Å². The molecule has 1 unspecified atom stereocenters. The average Bonchev–Trinajstić information content (AvgIpc) is 2.80. The number of nitrogens with one attached hydrogen (secondary N) is 1. The first-order chi connectivity index (χ1) is 7.88. The van der Waals surface area contributed by atoms with Crippen LogP contribution in [0.3, 0.4) is 0 Å². The Morgan fingerprint density at radius 2 is 2.56 bits per heavy atom. The highest BCUT2D eigenvalue weighted by atomic mass is 32.1. The van der Waals surface area contributed by atoms with Gasteiger partial charge in [-0.05, 0) is 38.4 Å². The van der Waals surface area contributed by atoms with Gasteiger partial charge in [0.05, 0.1) is 5.51 Å². The van der Waals surface area contributed by atoms with E-state index in [2.05, 4.69) is 22.1 Å². The van der Waals surface area contributed by atoms with Crippen LogP contribution in [0.15, 0.2) is 11.7 Å². The Balaban J connectivity index is 1.77. The topological polar surface area (TPSA) is 28.2 Å². The normalized spacial score (nSPS) is 22.4. The van der Waals surface area contributed by atoms with E-state index in [1.165, 1.54) is 37.4 Å². The van der Waals surface area contributed by atoms with Crippen molar-refractivity contribution in [2.24, 2.45) is 5.92 Å². The van der Waals surface area contributed by atoms with Gasteiger partial charge in [-0.3, -0.25) is 9.88 Å². The molecular formula is C12H21N3S. The summed E-state index contributed by atoms with van der Waals surface area (Å²) in [5, 5.41) is 3.46. The van der Waals surface area contributed by atoms with Crippen molar-refractivity contribution < 1.29 is 0 Å². The van der Waals surface area contributed by atoms with E-state index in [0.29, 0.717) is 0 Å². The van der Waals surface area contributed by atoms with Gasteiger partial charge in [0.2, 0.25) is 0 Å². The van der Waals surface area contributed by atoms with Crippen LogP contribution in [0.2, 0.25) is 0 Å². The molecule has 2 heterocycles. The first-order valence-electron chi connectivity index (χ1n) is 6.19. The van der Waals surface area contributed by atoms with E-state index in [9.17, 15) is 0 Å². The highest BCUT2D eigenvalue weighted by molar-refractivity contribution is 7.09. The molecule has 0 radical (unpaired) electrons. The van der Waals surface area contributed by atoms with Crippen molar-refractivity contribution in [1.82, 2.24) is 15.2 Å². The summed E-state index contributed by atoms with van der Waals surface area (Å²) in [7, 11) is 0. The predicted molar refractivity (Wildman–Crippen MR) is 68.7 cm³/mol. The lowest BCUT2D eigenvalue weighted by atomic mass is 9.98. The zero-order valence-corrected chi connectivity index (χ0v) is 10.8. The molecule has 0 aliphatic carbocycles. The van der Waals surface area contributed by atoms with Gasteiger partial charge < -0.3 is 5.32 Å². The van der Waals surface area contributed by atoms with E-state index in [1.54, 1.807) is 11.3 Å². The van der Waals surface area contributed by atoms with Gasteiger partial charge in [-0.1, -0.05) is 6.92 Å². The third-order valence-electron chi connectivity index (χ3n) is 3.15. The van der Waals surface area contributed by atoms with E-state index < -0.39 is 0 Å². The summed E-state index contributed by atoms with van der Waals surface area (Å²) in [5.74, 6) is 0.835. The molecule has 0 bridgehead atoms. The summed E-state index contributed by atoms with van der Waals surface area (Å²) in [6, 6.07) is 0. The second-order valence-electron chi connectivity index (χ2n) is 4.52. The van der Waals surface area contributed by atoms with Crippen LogP contribution >= 0.6 is 11.3 Å². The average molecular weight is 239 g/mol. The third-order valence-corrected chi connectivity index (χ3v) is 3.91. The van der Waals surface area contributed by atoms with E-state index in [4.69, 9.17) is 0 Å². The Hall–Kier alpha value is -0.450. The summed E-state index contributed by atoms with van der Waals surface area (Å²) in [4.78, 5) is 8.10. The molecule has 16 heavy (non-hydrogen) atoms. The molecule has 0 aromatic carbocycles. The molecule has 1 aliphatic heterocycles. The SMILES string of the molecule is CCNCC1CCCN(Cc2cncs2)C1. The first kappa shape index (κ1) is 12.0. The Morgan fingerprint density at radius 3 is 3.31 bits per heavy atom. The molecule has 1 saturated heterocycles. The van der Waals surface area contributed by atoms with E-state index >= 15 is 0 Å². The summed E-state index contributed by atoms with van der Waals surface area (Å²) in [6.07, 6.45) is 4.72. The minimum atomic E-state index is 0.835. The maximum atomic E-state index is 4.14. The van der Waals surface area contributed by atoms with Gasteiger partial charge in [0.1, 0.15) is 0 Å². The lowest BCUT2D eigenvalue weighted by molar-refractivity contribution is 0.167. The molecule has 1 atom stereocenters. The van der Waals surface area contributed by atoms with Gasteiger partial charge in [0.15, 0.2) is 0 Å². The number of aromatic nitrogens is 1. The number of thiazole rings is 1. The zero-order chi connectivity index (χ0) is 11.2. The number of hydrogen-bond acceptors (Lipinski definition) is 4. The summed E-state index contributed by atoms with van der Waals surface area (Å²) < 4.78 is 0. The fraction of sp³-hybridized carbons (Fsp3) is 0.750. The molecule has 1 aliphatic rings. The van der Waals surface area contributed by atoms with Crippen molar-refractivity contribution in [3.63, 3.8) is 0 Å².